The van der Waals surface area contributed by atoms with Crippen LogP contribution < -0.4 is 5.32 Å². The monoisotopic (exact) mass is 266 g/mol. The van der Waals surface area contributed by atoms with E-state index in [4.69, 9.17) is 0 Å². The van der Waals surface area contributed by atoms with Gasteiger partial charge in [-0.2, -0.15) is 0 Å². The fourth-order valence-electron chi connectivity index (χ4n) is 2.15. The fourth-order valence-corrected chi connectivity index (χ4v) is 2.15. The number of nitro benzene ring substituents is 1. The van der Waals surface area contributed by atoms with Crippen molar-refractivity contribution in [2.75, 3.05) is 6.61 Å². The largest absolute Gasteiger partial charge is 0.394 e. The highest BCUT2D eigenvalue weighted by Crippen LogP contribution is 2.23. The maximum Gasteiger partial charge on any atom is 0.269 e. The molecule has 0 saturated carbocycles. The number of hydrogen-bond donors (Lipinski definition) is 2. The van der Waals surface area contributed by atoms with Gasteiger partial charge in [0.25, 0.3) is 5.69 Å². The van der Waals surface area contributed by atoms with Crippen molar-refractivity contribution in [3.8, 4) is 0 Å². The second kappa shape index (κ2) is 6.63. The van der Waals surface area contributed by atoms with E-state index in [1.54, 1.807) is 12.1 Å². The van der Waals surface area contributed by atoms with Crippen LogP contribution in [0.25, 0.3) is 0 Å². The van der Waals surface area contributed by atoms with Gasteiger partial charge in [0.15, 0.2) is 0 Å². The molecule has 0 saturated heterocycles. The number of nitro groups is 1. The van der Waals surface area contributed by atoms with Gasteiger partial charge in [0.1, 0.15) is 0 Å². The Balaban J connectivity index is 2.82. The van der Waals surface area contributed by atoms with E-state index in [1.165, 1.54) is 12.1 Å². The molecule has 0 fully saturated rings. The Bertz CT molecular complexity index is 405. The molecule has 5 heteroatoms. The second-order valence-corrected chi connectivity index (χ2v) is 4.86. The quantitative estimate of drug-likeness (QED) is 0.588. The molecule has 0 heterocycles. The van der Waals surface area contributed by atoms with Gasteiger partial charge in [-0.3, -0.25) is 10.1 Å². The summed E-state index contributed by atoms with van der Waals surface area (Å²) in [5.41, 5.74) is 0.780. The Hall–Kier alpha value is -1.46. The lowest BCUT2D eigenvalue weighted by Crippen LogP contribution is -2.48. The van der Waals surface area contributed by atoms with Gasteiger partial charge in [0, 0.05) is 23.7 Å². The SMILES string of the molecule is CCC(CC)(CO)NC(C)c1ccc([N+](=O)[O-])cc1. The first-order valence-corrected chi connectivity index (χ1v) is 6.61. The first-order valence-electron chi connectivity index (χ1n) is 6.61. The number of aliphatic hydroxyl groups excluding tert-OH is 1. The topological polar surface area (TPSA) is 75.4 Å². The minimum absolute atomic E-state index is 0.0351. The lowest BCUT2D eigenvalue weighted by molar-refractivity contribution is -0.384. The Morgan fingerprint density at radius 2 is 1.84 bits per heavy atom. The maximum absolute atomic E-state index is 10.6. The third kappa shape index (κ3) is 3.75. The van der Waals surface area contributed by atoms with Gasteiger partial charge >= 0.3 is 0 Å². The zero-order valence-corrected chi connectivity index (χ0v) is 11.7. The van der Waals surface area contributed by atoms with Gasteiger partial charge in [-0.15, -0.1) is 0 Å². The Morgan fingerprint density at radius 3 is 2.21 bits per heavy atom. The van der Waals surface area contributed by atoms with Crippen LogP contribution in [0.5, 0.6) is 0 Å². The van der Waals surface area contributed by atoms with Crippen molar-refractivity contribution in [2.45, 2.75) is 45.2 Å². The molecular weight excluding hydrogens is 244 g/mol. The van der Waals surface area contributed by atoms with Crippen LogP contribution in [-0.2, 0) is 0 Å². The van der Waals surface area contributed by atoms with E-state index in [-0.39, 0.29) is 23.9 Å². The van der Waals surface area contributed by atoms with Gasteiger partial charge in [0.05, 0.1) is 11.5 Å². The molecule has 5 nitrogen and oxygen atoms in total. The smallest absolute Gasteiger partial charge is 0.269 e. The number of aliphatic hydroxyl groups is 1. The maximum atomic E-state index is 10.6. The first-order chi connectivity index (χ1) is 8.98. The van der Waals surface area contributed by atoms with Crippen molar-refractivity contribution in [3.63, 3.8) is 0 Å². The van der Waals surface area contributed by atoms with Crippen LogP contribution in [0.1, 0.15) is 45.2 Å². The molecule has 1 aromatic carbocycles. The molecule has 0 bridgehead atoms. The Morgan fingerprint density at radius 1 is 1.32 bits per heavy atom. The van der Waals surface area contributed by atoms with E-state index in [0.717, 1.165) is 18.4 Å². The van der Waals surface area contributed by atoms with Crippen LogP contribution in [0.4, 0.5) is 5.69 Å². The standard InChI is InChI=1S/C14H22N2O3/c1-4-14(5-2,10-17)15-11(3)12-6-8-13(9-7-12)16(18)19/h6-9,11,15,17H,4-5,10H2,1-3H3. The number of hydrogen-bond acceptors (Lipinski definition) is 4. The molecule has 0 amide bonds. The van der Waals surface area contributed by atoms with E-state index < -0.39 is 4.92 Å². The van der Waals surface area contributed by atoms with Crippen molar-refractivity contribution in [3.05, 3.63) is 39.9 Å². The third-order valence-electron chi connectivity index (χ3n) is 3.78. The van der Waals surface area contributed by atoms with Crippen molar-refractivity contribution < 1.29 is 10.0 Å². The molecular formula is C14H22N2O3. The van der Waals surface area contributed by atoms with Crippen LogP contribution in [0.15, 0.2) is 24.3 Å². The molecule has 19 heavy (non-hydrogen) atoms. The van der Waals surface area contributed by atoms with E-state index in [9.17, 15) is 15.2 Å². The average molecular weight is 266 g/mol. The summed E-state index contributed by atoms with van der Waals surface area (Å²) in [5, 5.41) is 23.6. The summed E-state index contributed by atoms with van der Waals surface area (Å²) in [6.07, 6.45) is 1.66. The lowest BCUT2D eigenvalue weighted by atomic mass is 9.91. The summed E-state index contributed by atoms with van der Waals surface area (Å²) in [7, 11) is 0. The van der Waals surface area contributed by atoms with Crippen molar-refractivity contribution >= 4 is 5.69 Å². The molecule has 2 N–H and O–H groups in total. The fraction of sp³-hybridized carbons (Fsp3) is 0.571. The average Bonchev–Trinajstić information content (AvgIpc) is 2.45. The van der Waals surface area contributed by atoms with E-state index in [2.05, 4.69) is 5.32 Å². The van der Waals surface area contributed by atoms with Crippen molar-refractivity contribution in [1.29, 1.82) is 0 Å². The zero-order chi connectivity index (χ0) is 14.5. The highest BCUT2D eigenvalue weighted by molar-refractivity contribution is 5.34. The van der Waals surface area contributed by atoms with Crippen LogP contribution in [0.3, 0.4) is 0 Å². The number of nitrogens with one attached hydrogen (secondary N) is 1. The van der Waals surface area contributed by atoms with Crippen molar-refractivity contribution in [2.24, 2.45) is 0 Å². The lowest BCUT2D eigenvalue weighted by Gasteiger charge is -2.34. The Labute approximate surface area is 113 Å². The molecule has 106 valence electrons. The van der Waals surface area contributed by atoms with Crippen LogP contribution in [-0.4, -0.2) is 22.2 Å². The number of benzene rings is 1. The predicted octanol–water partition coefficient (Wildman–Crippen LogP) is 2.80. The van der Waals surface area contributed by atoms with E-state index >= 15 is 0 Å². The summed E-state index contributed by atoms with van der Waals surface area (Å²) in [5.74, 6) is 0. The van der Waals surface area contributed by atoms with Gasteiger partial charge in [-0.1, -0.05) is 26.0 Å². The summed E-state index contributed by atoms with van der Waals surface area (Å²) in [4.78, 5) is 10.2. The number of rotatable bonds is 7. The van der Waals surface area contributed by atoms with Gasteiger partial charge in [-0.05, 0) is 25.3 Å². The summed E-state index contributed by atoms with van der Waals surface area (Å²) < 4.78 is 0. The molecule has 1 aromatic rings. The molecule has 0 aliphatic carbocycles. The summed E-state index contributed by atoms with van der Waals surface area (Å²) in [6, 6.07) is 6.55. The highest BCUT2D eigenvalue weighted by atomic mass is 16.6. The molecule has 0 aromatic heterocycles. The normalized spacial score (nSPS) is 13.3. The van der Waals surface area contributed by atoms with Crippen LogP contribution >= 0.6 is 0 Å². The van der Waals surface area contributed by atoms with E-state index in [1.807, 2.05) is 20.8 Å². The first kappa shape index (κ1) is 15.6. The third-order valence-corrected chi connectivity index (χ3v) is 3.78. The molecule has 0 radical (unpaired) electrons. The van der Waals surface area contributed by atoms with Crippen LogP contribution in [0, 0.1) is 10.1 Å². The number of non-ortho nitro benzene ring substituents is 1. The summed E-state index contributed by atoms with van der Waals surface area (Å²) >= 11 is 0. The minimum atomic E-state index is -0.405. The molecule has 0 aliphatic heterocycles. The predicted molar refractivity (Wildman–Crippen MR) is 75.0 cm³/mol. The minimum Gasteiger partial charge on any atom is -0.394 e. The second-order valence-electron chi connectivity index (χ2n) is 4.86. The summed E-state index contributed by atoms with van der Waals surface area (Å²) in [6.45, 7) is 6.15. The molecule has 1 rings (SSSR count). The van der Waals surface area contributed by atoms with Gasteiger partial charge in [-0.25, -0.2) is 0 Å². The van der Waals surface area contributed by atoms with E-state index in [0.29, 0.717) is 0 Å². The molecule has 0 spiro atoms. The van der Waals surface area contributed by atoms with Crippen molar-refractivity contribution in [1.82, 2.24) is 5.32 Å². The van der Waals surface area contributed by atoms with Gasteiger partial charge < -0.3 is 10.4 Å². The molecule has 1 unspecified atom stereocenters. The Kier molecular flexibility index (Phi) is 5.44. The molecule has 1 atom stereocenters. The highest BCUT2D eigenvalue weighted by Gasteiger charge is 2.27. The van der Waals surface area contributed by atoms with Crippen LogP contribution in [0.2, 0.25) is 0 Å². The number of nitrogens with zero attached hydrogens (tertiary/aromatic N) is 1. The zero-order valence-electron chi connectivity index (χ0n) is 11.7. The molecule has 0 aliphatic rings. The van der Waals surface area contributed by atoms with Gasteiger partial charge in [0.2, 0.25) is 0 Å².